The molecular formula is C20H25BrN4O2. The highest BCUT2D eigenvalue weighted by Gasteiger charge is 2.21. The number of nitrogens with zero attached hydrogens (tertiary/aromatic N) is 3. The molecule has 0 aliphatic carbocycles. The molecule has 1 aromatic heterocycles. The Morgan fingerprint density at radius 3 is 2.48 bits per heavy atom. The lowest BCUT2D eigenvalue weighted by molar-refractivity contribution is -0.131. The second-order valence-electron chi connectivity index (χ2n) is 6.54. The highest BCUT2D eigenvalue weighted by Crippen LogP contribution is 2.16. The average molecular weight is 433 g/mol. The van der Waals surface area contributed by atoms with Crippen molar-refractivity contribution < 1.29 is 9.59 Å². The minimum atomic E-state index is -0.149. The van der Waals surface area contributed by atoms with Crippen LogP contribution < -0.4 is 10.2 Å². The summed E-state index contributed by atoms with van der Waals surface area (Å²) in [5.41, 5.74) is 1.80. The lowest BCUT2D eigenvalue weighted by atomic mass is 10.2. The maximum Gasteiger partial charge on any atom is 0.267 e. The molecule has 7 heteroatoms. The number of rotatable bonds is 6. The Bertz CT molecular complexity index is 783. The first-order chi connectivity index (χ1) is 13.1. The summed E-state index contributed by atoms with van der Waals surface area (Å²) in [7, 11) is 0. The topological polar surface area (TPSA) is 57.6 Å². The lowest BCUT2D eigenvalue weighted by Crippen LogP contribution is -2.49. The third-order valence-corrected chi connectivity index (χ3v) is 5.25. The van der Waals surface area contributed by atoms with E-state index in [1.165, 1.54) is 5.69 Å². The Balaban J connectivity index is 1.43. The third kappa shape index (κ3) is 4.91. The highest BCUT2D eigenvalue weighted by molar-refractivity contribution is 9.10. The van der Waals surface area contributed by atoms with Crippen molar-refractivity contribution in [1.29, 1.82) is 0 Å². The summed E-state index contributed by atoms with van der Waals surface area (Å²) in [6.45, 7) is 6.16. The number of amides is 2. The summed E-state index contributed by atoms with van der Waals surface area (Å²) in [5.74, 6) is -0.0562. The first kappa shape index (κ1) is 19.5. The molecule has 0 radical (unpaired) electrons. The molecule has 0 spiro atoms. The summed E-state index contributed by atoms with van der Waals surface area (Å²) in [6.07, 6.45) is 2.21. The molecular weight excluding hydrogens is 408 g/mol. The molecule has 1 aliphatic heterocycles. The van der Waals surface area contributed by atoms with Crippen molar-refractivity contribution in [3.05, 3.63) is 52.8 Å². The first-order valence-electron chi connectivity index (χ1n) is 9.30. The number of carbonyl (C=O) groups excluding carboxylic acids is 2. The molecule has 1 fully saturated rings. The predicted molar refractivity (Wildman–Crippen MR) is 110 cm³/mol. The zero-order valence-electron chi connectivity index (χ0n) is 15.5. The number of aromatic nitrogens is 1. The molecule has 2 heterocycles. The molecule has 1 saturated heterocycles. The zero-order valence-corrected chi connectivity index (χ0v) is 17.1. The van der Waals surface area contributed by atoms with Gasteiger partial charge in [-0.2, -0.15) is 0 Å². The van der Waals surface area contributed by atoms with E-state index >= 15 is 0 Å². The quantitative estimate of drug-likeness (QED) is 0.763. The Morgan fingerprint density at radius 1 is 1.11 bits per heavy atom. The number of piperazine rings is 1. The third-order valence-electron chi connectivity index (χ3n) is 4.81. The van der Waals surface area contributed by atoms with Crippen molar-refractivity contribution in [2.45, 2.75) is 19.9 Å². The van der Waals surface area contributed by atoms with E-state index in [4.69, 9.17) is 0 Å². The fourth-order valence-electron chi connectivity index (χ4n) is 3.31. The normalized spacial score (nSPS) is 14.3. The number of hydrogen-bond acceptors (Lipinski definition) is 3. The number of benzene rings is 1. The van der Waals surface area contributed by atoms with E-state index in [0.717, 1.165) is 24.1 Å². The van der Waals surface area contributed by atoms with Gasteiger partial charge >= 0.3 is 0 Å². The van der Waals surface area contributed by atoms with Crippen LogP contribution >= 0.6 is 15.9 Å². The van der Waals surface area contributed by atoms with Gasteiger partial charge in [-0.25, -0.2) is 0 Å². The van der Waals surface area contributed by atoms with Gasteiger partial charge in [-0.15, -0.1) is 0 Å². The molecule has 144 valence electrons. The first-order valence-corrected chi connectivity index (χ1v) is 10.1. The molecule has 2 aromatic rings. The summed E-state index contributed by atoms with van der Waals surface area (Å²) in [5, 5.41) is 2.85. The van der Waals surface area contributed by atoms with E-state index < -0.39 is 0 Å². The van der Waals surface area contributed by atoms with E-state index in [2.05, 4.69) is 38.3 Å². The Hall–Kier alpha value is -2.28. The molecule has 0 atom stereocenters. The highest BCUT2D eigenvalue weighted by atomic mass is 79.9. The van der Waals surface area contributed by atoms with Crippen LogP contribution in [0.15, 0.2) is 47.1 Å². The van der Waals surface area contributed by atoms with Gasteiger partial charge in [0.05, 0.1) is 0 Å². The van der Waals surface area contributed by atoms with Crippen LogP contribution in [-0.2, 0) is 11.3 Å². The molecule has 6 nitrogen and oxygen atoms in total. The van der Waals surface area contributed by atoms with E-state index in [0.29, 0.717) is 31.7 Å². The number of halogens is 1. The van der Waals surface area contributed by atoms with Crippen LogP contribution in [-0.4, -0.2) is 54.0 Å². The lowest BCUT2D eigenvalue weighted by Gasteiger charge is -2.36. The van der Waals surface area contributed by atoms with Gasteiger partial charge in [0.1, 0.15) is 5.69 Å². The van der Waals surface area contributed by atoms with Crippen LogP contribution in [0.5, 0.6) is 0 Å². The van der Waals surface area contributed by atoms with Crippen molar-refractivity contribution in [3.8, 4) is 0 Å². The van der Waals surface area contributed by atoms with Crippen LogP contribution in [0.2, 0.25) is 0 Å². The van der Waals surface area contributed by atoms with E-state index in [-0.39, 0.29) is 11.8 Å². The van der Waals surface area contributed by atoms with E-state index in [9.17, 15) is 9.59 Å². The average Bonchev–Trinajstić information content (AvgIpc) is 3.09. The fraction of sp³-hybridized carbons (Fsp3) is 0.400. The van der Waals surface area contributed by atoms with Gasteiger partial charge < -0.3 is 19.7 Å². The monoisotopic (exact) mass is 432 g/mol. The minimum absolute atomic E-state index is 0.0927. The van der Waals surface area contributed by atoms with Crippen molar-refractivity contribution in [1.82, 2.24) is 14.8 Å². The van der Waals surface area contributed by atoms with Crippen molar-refractivity contribution in [2.75, 3.05) is 37.6 Å². The fourth-order valence-corrected chi connectivity index (χ4v) is 3.78. The van der Waals surface area contributed by atoms with Crippen LogP contribution in [0.4, 0.5) is 5.69 Å². The molecule has 1 aromatic carbocycles. The maximum absolute atomic E-state index is 12.4. The summed E-state index contributed by atoms with van der Waals surface area (Å²) in [4.78, 5) is 28.9. The number of para-hydroxylation sites is 1. The molecule has 0 saturated carbocycles. The molecule has 1 aliphatic rings. The standard InChI is InChI=1S/C20H25BrN4O2/c1-2-23-15-16(21)14-18(23)20(27)22-9-8-19(26)25-12-10-24(11-13-25)17-6-4-3-5-7-17/h3-7,14-15H,2,8-13H2,1H3,(H,22,27). The van der Waals surface area contributed by atoms with Crippen LogP contribution in [0.3, 0.4) is 0 Å². The molecule has 1 N–H and O–H groups in total. The second-order valence-corrected chi connectivity index (χ2v) is 7.45. The Kier molecular flexibility index (Phi) is 6.55. The zero-order chi connectivity index (χ0) is 19.2. The number of aryl methyl sites for hydroxylation is 1. The smallest absolute Gasteiger partial charge is 0.267 e. The Morgan fingerprint density at radius 2 is 1.81 bits per heavy atom. The van der Waals surface area contributed by atoms with Gasteiger partial charge in [-0.1, -0.05) is 18.2 Å². The second kappa shape index (κ2) is 9.08. The summed E-state index contributed by atoms with van der Waals surface area (Å²) >= 11 is 3.39. The SMILES string of the molecule is CCn1cc(Br)cc1C(=O)NCCC(=O)N1CCN(c2ccccc2)CC1. The van der Waals surface area contributed by atoms with Gasteiger partial charge in [0.2, 0.25) is 5.91 Å². The maximum atomic E-state index is 12.4. The van der Waals surface area contributed by atoms with Gasteiger partial charge in [0.15, 0.2) is 0 Å². The molecule has 0 unspecified atom stereocenters. The minimum Gasteiger partial charge on any atom is -0.368 e. The molecule has 0 bridgehead atoms. The van der Waals surface area contributed by atoms with Gasteiger partial charge in [-0.3, -0.25) is 9.59 Å². The van der Waals surface area contributed by atoms with Gasteiger partial charge in [0.25, 0.3) is 5.91 Å². The van der Waals surface area contributed by atoms with Crippen LogP contribution in [0.25, 0.3) is 0 Å². The van der Waals surface area contributed by atoms with Crippen LogP contribution in [0, 0.1) is 0 Å². The largest absolute Gasteiger partial charge is 0.368 e. The molecule has 2 amide bonds. The Labute approximate surface area is 168 Å². The molecule has 27 heavy (non-hydrogen) atoms. The summed E-state index contributed by atoms with van der Waals surface area (Å²) in [6, 6.07) is 12.1. The van der Waals surface area contributed by atoms with Crippen LogP contribution in [0.1, 0.15) is 23.8 Å². The van der Waals surface area contributed by atoms with Crippen molar-refractivity contribution in [2.24, 2.45) is 0 Å². The number of carbonyl (C=O) groups is 2. The van der Waals surface area contributed by atoms with Crippen molar-refractivity contribution in [3.63, 3.8) is 0 Å². The van der Waals surface area contributed by atoms with E-state index in [1.54, 1.807) is 6.07 Å². The number of anilines is 1. The predicted octanol–water partition coefficient (Wildman–Crippen LogP) is 2.74. The number of nitrogens with one attached hydrogen (secondary N) is 1. The van der Waals surface area contributed by atoms with Gasteiger partial charge in [-0.05, 0) is 41.1 Å². The van der Waals surface area contributed by atoms with E-state index in [1.807, 2.05) is 40.8 Å². The van der Waals surface area contributed by atoms with Gasteiger partial charge in [0, 0.05) is 62.0 Å². The number of hydrogen-bond donors (Lipinski definition) is 1. The summed E-state index contributed by atoms with van der Waals surface area (Å²) < 4.78 is 2.76. The van der Waals surface area contributed by atoms with Crippen molar-refractivity contribution >= 4 is 33.4 Å². The molecule has 3 rings (SSSR count).